The van der Waals surface area contributed by atoms with Crippen molar-refractivity contribution in [3.63, 3.8) is 0 Å². The topological polar surface area (TPSA) is 55.7 Å². The lowest BCUT2D eigenvalue weighted by atomic mass is 10.1. The Balaban J connectivity index is 1.90. The van der Waals surface area contributed by atoms with Crippen LogP contribution in [0.15, 0.2) is 75.3 Å². The standard InChI is InChI=1S/C21H20N4OS/c1-21(2,3)23-20-25(22-14-15-10-6-4-7-11-15)19-18(27-20)17(24-26-19)16-12-8-5-9-13-16/h4-14H,1-3H3/b22-14+,23-20?. The van der Waals surface area contributed by atoms with E-state index in [1.165, 1.54) is 0 Å². The first-order valence-electron chi connectivity index (χ1n) is 8.73. The molecule has 0 unspecified atom stereocenters. The molecule has 0 saturated heterocycles. The first-order chi connectivity index (χ1) is 13.0. The van der Waals surface area contributed by atoms with Crippen molar-refractivity contribution in [1.29, 1.82) is 0 Å². The Morgan fingerprint density at radius 2 is 1.67 bits per heavy atom. The third-order valence-electron chi connectivity index (χ3n) is 3.80. The SMILES string of the molecule is CC(C)(C)N=c1sc2c(-c3ccccc3)noc2n1/N=C/c1ccccc1. The summed E-state index contributed by atoms with van der Waals surface area (Å²) in [6.07, 6.45) is 1.80. The summed E-state index contributed by atoms with van der Waals surface area (Å²) in [6.45, 7) is 6.20. The van der Waals surface area contributed by atoms with E-state index < -0.39 is 0 Å². The molecule has 27 heavy (non-hydrogen) atoms. The fourth-order valence-corrected chi connectivity index (χ4v) is 3.81. The van der Waals surface area contributed by atoms with Crippen molar-refractivity contribution in [3.8, 4) is 11.3 Å². The summed E-state index contributed by atoms with van der Waals surface area (Å²) >= 11 is 1.54. The predicted molar refractivity (Wildman–Crippen MR) is 110 cm³/mol. The molecule has 0 saturated carbocycles. The van der Waals surface area contributed by atoms with Crippen molar-refractivity contribution in [2.24, 2.45) is 10.1 Å². The van der Waals surface area contributed by atoms with Crippen LogP contribution in [0.3, 0.4) is 0 Å². The van der Waals surface area contributed by atoms with Crippen molar-refractivity contribution in [3.05, 3.63) is 71.0 Å². The monoisotopic (exact) mass is 376 g/mol. The molecule has 2 aromatic heterocycles. The average Bonchev–Trinajstić information content (AvgIpc) is 3.19. The minimum absolute atomic E-state index is 0.230. The van der Waals surface area contributed by atoms with Crippen LogP contribution in [0.4, 0.5) is 0 Å². The summed E-state index contributed by atoms with van der Waals surface area (Å²) in [6, 6.07) is 20.0. The van der Waals surface area contributed by atoms with Gasteiger partial charge in [-0.25, -0.2) is 0 Å². The molecule has 136 valence electrons. The largest absolute Gasteiger partial charge is 0.334 e. The van der Waals surface area contributed by atoms with Crippen molar-refractivity contribution >= 4 is 28.0 Å². The third kappa shape index (κ3) is 3.75. The number of fused-ring (bicyclic) bond motifs is 1. The van der Waals surface area contributed by atoms with Gasteiger partial charge in [-0.2, -0.15) is 9.78 Å². The Bertz CT molecular complexity index is 1150. The number of thiazole rings is 1. The molecule has 4 rings (SSSR count). The number of benzene rings is 2. The highest BCUT2D eigenvalue weighted by molar-refractivity contribution is 7.16. The van der Waals surface area contributed by atoms with E-state index in [-0.39, 0.29) is 5.54 Å². The number of aromatic nitrogens is 2. The summed E-state index contributed by atoms with van der Waals surface area (Å²) in [5.74, 6) is 0. The molecule has 6 heteroatoms. The second-order valence-electron chi connectivity index (χ2n) is 7.17. The summed E-state index contributed by atoms with van der Waals surface area (Å²) in [4.78, 5) is 5.61. The number of hydrogen-bond donors (Lipinski definition) is 0. The van der Waals surface area contributed by atoms with Crippen molar-refractivity contribution < 1.29 is 4.52 Å². The van der Waals surface area contributed by atoms with E-state index in [9.17, 15) is 0 Å². The van der Waals surface area contributed by atoms with Crippen LogP contribution in [0.1, 0.15) is 26.3 Å². The second kappa shape index (κ2) is 6.96. The van der Waals surface area contributed by atoms with E-state index in [1.54, 1.807) is 22.2 Å². The zero-order valence-electron chi connectivity index (χ0n) is 15.5. The molecule has 2 aromatic carbocycles. The molecule has 0 atom stereocenters. The molecule has 0 aliphatic rings. The van der Waals surface area contributed by atoms with Gasteiger partial charge in [0.15, 0.2) is 0 Å². The second-order valence-corrected chi connectivity index (χ2v) is 8.14. The number of nitrogens with zero attached hydrogens (tertiary/aromatic N) is 4. The molecule has 0 spiro atoms. The predicted octanol–water partition coefficient (Wildman–Crippen LogP) is 4.94. The Kier molecular flexibility index (Phi) is 4.49. The fourth-order valence-electron chi connectivity index (χ4n) is 2.62. The van der Waals surface area contributed by atoms with Crippen LogP contribution in [0.5, 0.6) is 0 Å². The Morgan fingerprint density at radius 3 is 2.33 bits per heavy atom. The van der Waals surface area contributed by atoms with Crippen molar-refractivity contribution in [2.75, 3.05) is 0 Å². The first-order valence-corrected chi connectivity index (χ1v) is 9.55. The van der Waals surface area contributed by atoms with Gasteiger partial charge in [-0.05, 0) is 26.3 Å². The molecule has 0 aliphatic heterocycles. The highest BCUT2D eigenvalue weighted by Gasteiger charge is 2.19. The molecule has 0 fully saturated rings. The molecule has 0 bridgehead atoms. The number of rotatable bonds is 3. The molecule has 0 radical (unpaired) electrons. The fraction of sp³-hybridized carbons (Fsp3) is 0.190. The van der Waals surface area contributed by atoms with Gasteiger partial charge >= 0.3 is 0 Å². The molecule has 0 aliphatic carbocycles. The van der Waals surface area contributed by atoms with E-state index >= 15 is 0 Å². The van der Waals surface area contributed by atoms with Gasteiger partial charge < -0.3 is 4.52 Å². The normalized spacial score (nSPS) is 13.1. The summed E-state index contributed by atoms with van der Waals surface area (Å²) in [5.41, 5.74) is 3.21. The van der Waals surface area contributed by atoms with Crippen LogP contribution in [-0.2, 0) is 0 Å². The van der Waals surface area contributed by atoms with E-state index in [0.29, 0.717) is 5.71 Å². The van der Waals surface area contributed by atoms with Gasteiger partial charge in [0, 0.05) is 5.56 Å². The molecular formula is C21H20N4OS. The lowest BCUT2D eigenvalue weighted by Gasteiger charge is -2.09. The van der Waals surface area contributed by atoms with Crippen LogP contribution in [0.2, 0.25) is 0 Å². The van der Waals surface area contributed by atoms with Crippen LogP contribution < -0.4 is 4.80 Å². The van der Waals surface area contributed by atoms with Gasteiger partial charge in [0.05, 0.1) is 11.8 Å². The van der Waals surface area contributed by atoms with Gasteiger partial charge in [0.25, 0.3) is 5.71 Å². The molecule has 2 heterocycles. The van der Waals surface area contributed by atoms with Gasteiger partial charge in [0.2, 0.25) is 4.80 Å². The molecule has 0 amide bonds. The lowest BCUT2D eigenvalue weighted by Crippen LogP contribution is -2.20. The highest BCUT2D eigenvalue weighted by atomic mass is 32.1. The Hall–Kier alpha value is -2.99. The van der Waals surface area contributed by atoms with Gasteiger partial charge in [-0.15, -0.1) is 0 Å². The molecule has 5 nitrogen and oxygen atoms in total. The summed E-state index contributed by atoms with van der Waals surface area (Å²) in [5, 5.41) is 8.91. The van der Waals surface area contributed by atoms with Crippen LogP contribution in [-0.4, -0.2) is 21.6 Å². The Labute approximate surface area is 161 Å². The highest BCUT2D eigenvalue weighted by Crippen LogP contribution is 2.30. The summed E-state index contributed by atoms with van der Waals surface area (Å²) in [7, 11) is 0. The summed E-state index contributed by atoms with van der Waals surface area (Å²) < 4.78 is 8.34. The van der Waals surface area contributed by atoms with E-state index in [4.69, 9.17) is 9.52 Å². The quantitative estimate of drug-likeness (QED) is 0.476. The van der Waals surface area contributed by atoms with Crippen LogP contribution >= 0.6 is 11.3 Å². The molecule has 4 aromatic rings. The number of hydrogen-bond acceptors (Lipinski definition) is 5. The van der Waals surface area contributed by atoms with Gasteiger partial charge in [0.1, 0.15) is 10.4 Å². The zero-order valence-corrected chi connectivity index (χ0v) is 16.3. The maximum atomic E-state index is 5.67. The van der Waals surface area contributed by atoms with Crippen molar-refractivity contribution in [1.82, 2.24) is 9.83 Å². The zero-order chi connectivity index (χ0) is 18.9. The van der Waals surface area contributed by atoms with E-state index in [0.717, 1.165) is 26.3 Å². The van der Waals surface area contributed by atoms with Gasteiger partial charge in [-0.3, -0.25) is 4.99 Å². The van der Waals surface area contributed by atoms with E-state index in [1.807, 2.05) is 60.7 Å². The lowest BCUT2D eigenvalue weighted by molar-refractivity contribution is 0.438. The molecule has 0 N–H and O–H groups in total. The van der Waals surface area contributed by atoms with E-state index in [2.05, 4.69) is 31.0 Å². The smallest absolute Gasteiger partial charge is 0.272 e. The van der Waals surface area contributed by atoms with Crippen LogP contribution in [0, 0.1) is 0 Å². The maximum absolute atomic E-state index is 5.67. The Morgan fingerprint density at radius 1 is 1.00 bits per heavy atom. The van der Waals surface area contributed by atoms with Crippen molar-refractivity contribution in [2.45, 2.75) is 26.3 Å². The molecular weight excluding hydrogens is 356 g/mol. The minimum atomic E-state index is -0.230. The van der Waals surface area contributed by atoms with Crippen LogP contribution in [0.25, 0.3) is 21.7 Å². The van der Waals surface area contributed by atoms with Gasteiger partial charge in [-0.1, -0.05) is 77.2 Å². The third-order valence-corrected chi connectivity index (χ3v) is 4.82. The minimum Gasteiger partial charge on any atom is -0.334 e. The first kappa shape index (κ1) is 17.4. The maximum Gasteiger partial charge on any atom is 0.272 e. The average molecular weight is 376 g/mol.